The molecule has 0 saturated heterocycles. The van der Waals surface area contributed by atoms with Gasteiger partial charge in [-0.1, -0.05) is 15.9 Å². The monoisotopic (exact) mass is 490 g/mol. The van der Waals surface area contributed by atoms with Crippen LogP contribution in [0, 0.1) is 17.0 Å². The number of hydrogen-bond acceptors (Lipinski definition) is 3. The summed E-state index contributed by atoms with van der Waals surface area (Å²) in [7, 11) is 0. The minimum Gasteiger partial charge on any atom is -0.320 e. The lowest BCUT2D eigenvalue weighted by Gasteiger charge is -2.11. The second-order valence-corrected chi connectivity index (χ2v) is 7.08. The van der Waals surface area contributed by atoms with Gasteiger partial charge in [0, 0.05) is 30.6 Å². The lowest BCUT2D eigenvalue weighted by molar-refractivity contribution is -0.385. The van der Waals surface area contributed by atoms with Gasteiger partial charge in [-0.15, -0.1) is 0 Å². The second-order valence-electron chi connectivity index (χ2n) is 4.46. The lowest BCUT2D eigenvalue weighted by atomic mass is 10.1. The maximum absolute atomic E-state index is 12.3. The molecule has 2 rings (SSSR count). The molecule has 0 radical (unpaired) electrons. The highest BCUT2D eigenvalue weighted by atomic mass is 79.9. The predicted octanol–water partition coefficient (Wildman–Crippen LogP) is 5.44. The number of nitrogens with zero attached hydrogens (tertiary/aromatic N) is 1. The summed E-state index contributed by atoms with van der Waals surface area (Å²) in [6, 6.07) is 7.87. The molecule has 8 heteroatoms. The Morgan fingerprint density at radius 2 is 1.73 bits per heavy atom. The van der Waals surface area contributed by atoms with E-state index in [1.54, 1.807) is 6.92 Å². The summed E-state index contributed by atoms with van der Waals surface area (Å²) in [5, 5.41) is 13.6. The molecule has 0 unspecified atom stereocenters. The average molecular weight is 493 g/mol. The molecule has 0 heterocycles. The summed E-state index contributed by atoms with van der Waals surface area (Å²) in [5.74, 6) is -0.346. The SMILES string of the molecule is Cc1cc(C(=O)Nc2c(Br)cc(Br)cc2Br)ccc1[N+](=O)[O-]. The van der Waals surface area contributed by atoms with Crippen LogP contribution in [0.2, 0.25) is 0 Å². The van der Waals surface area contributed by atoms with Gasteiger partial charge in [0.05, 0.1) is 10.6 Å². The van der Waals surface area contributed by atoms with Gasteiger partial charge in [-0.25, -0.2) is 0 Å². The van der Waals surface area contributed by atoms with Crippen molar-refractivity contribution < 1.29 is 9.72 Å². The number of rotatable bonds is 3. The van der Waals surface area contributed by atoms with E-state index in [9.17, 15) is 14.9 Å². The van der Waals surface area contributed by atoms with Gasteiger partial charge in [0.1, 0.15) is 0 Å². The molecule has 22 heavy (non-hydrogen) atoms. The highest BCUT2D eigenvalue weighted by Crippen LogP contribution is 2.34. The topological polar surface area (TPSA) is 72.2 Å². The maximum Gasteiger partial charge on any atom is 0.272 e. The van der Waals surface area contributed by atoms with Gasteiger partial charge >= 0.3 is 0 Å². The van der Waals surface area contributed by atoms with Crippen LogP contribution in [-0.2, 0) is 0 Å². The summed E-state index contributed by atoms with van der Waals surface area (Å²) < 4.78 is 2.27. The summed E-state index contributed by atoms with van der Waals surface area (Å²) in [4.78, 5) is 22.6. The summed E-state index contributed by atoms with van der Waals surface area (Å²) in [6.45, 7) is 1.60. The zero-order valence-corrected chi connectivity index (χ0v) is 16.0. The molecule has 0 spiro atoms. The van der Waals surface area contributed by atoms with Gasteiger partial charge < -0.3 is 5.32 Å². The Hall–Kier alpha value is -1.25. The van der Waals surface area contributed by atoms with E-state index in [4.69, 9.17) is 0 Å². The average Bonchev–Trinajstić information content (AvgIpc) is 2.41. The largest absolute Gasteiger partial charge is 0.320 e. The molecule has 0 aromatic heterocycles. The van der Waals surface area contributed by atoms with Crippen molar-refractivity contribution in [3.05, 3.63) is 65.0 Å². The molecule has 1 amide bonds. The van der Waals surface area contributed by atoms with E-state index in [1.165, 1.54) is 18.2 Å². The number of nitro benzene ring substituents is 1. The first-order valence-corrected chi connectivity index (χ1v) is 8.38. The third-order valence-corrected chi connectivity index (χ3v) is 4.61. The number of carbonyl (C=O) groups is 1. The Morgan fingerprint density at radius 1 is 1.14 bits per heavy atom. The smallest absolute Gasteiger partial charge is 0.272 e. The maximum atomic E-state index is 12.3. The van der Waals surface area contributed by atoms with Gasteiger partial charge in [-0.2, -0.15) is 0 Å². The molecule has 0 aliphatic heterocycles. The highest BCUT2D eigenvalue weighted by molar-refractivity contribution is 9.11. The van der Waals surface area contributed by atoms with Gasteiger partial charge in [-0.3, -0.25) is 14.9 Å². The number of benzene rings is 2. The zero-order chi connectivity index (χ0) is 16.4. The number of nitro groups is 1. The molecule has 0 aliphatic rings. The summed E-state index contributed by atoms with van der Waals surface area (Å²) >= 11 is 10.1. The third-order valence-electron chi connectivity index (χ3n) is 2.90. The number of nitrogens with one attached hydrogen (secondary N) is 1. The van der Waals surface area contributed by atoms with Crippen LogP contribution in [0.15, 0.2) is 43.7 Å². The Morgan fingerprint density at radius 3 is 2.23 bits per heavy atom. The molecule has 114 valence electrons. The molecule has 0 fully saturated rings. The van der Waals surface area contributed by atoms with Crippen LogP contribution in [0.25, 0.3) is 0 Å². The fourth-order valence-electron chi connectivity index (χ4n) is 1.85. The van der Waals surface area contributed by atoms with E-state index in [0.29, 0.717) is 25.8 Å². The van der Waals surface area contributed by atoms with E-state index in [0.717, 1.165) is 4.47 Å². The van der Waals surface area contributed by atoms with Crippen molar-refractivity contribution in [3.8, 4) is 0 Å². The molecular formula is C14H9Br3N2O3. The van der Waals surface area contributed by atoms with E-state index in [1.807, 2.05) is 12.1 Å². The molecule has 0 aliphatic carbocycles. The van der Waals surface area contributed by atoms with Crippen molar-refractivity contribution in [1.29, 1.82) is 0 Å². The minimum atomic E-state index is -0.473. The van der Waals surface area contributed by atoms with Crippen LogP contribution in [0.5, 0.6) is 0 Å². The highest BCUT2D eigenvalue weighted by Gasteiger charge is 2.16. The molecule has 1 N–H and O–H groups in total. The normalized spacial score (nSPS) is 10.4. The van der Waals surface area contributed by atoms with E-state index in [-0.39, 0.29) is 11.6 Å². The first kappa shape index (κ1) is 17.1. The van der Waals surface area contributed by atoms with E-state index >= 15 is 0 Å². The van der Waals surface area contributed by atoms with Gasteiger partial charge in [0.25, 0.3) is 11.6 Å². The quantitative estimate of drug-likeness (QED) is 0.458. The van der Waals surface area contributed by atoms with Gasteiger partial charge in [0.2, 0.25) is 0 Å². The van der Waals surface area contributed by atoms with Crippen molar-refractivity contribution >= 4 is 65.1 Å². The standard InChI is InChI=1S/C14H9Br3N2O3/c1-7-4-8(2-3-12(7)19(21)22)14(20)18-13-10(16)5-9(15)6-11(13)17/h2-6H,1H3,(H,18,20). The number of amides is 1. The van der Waals surface area contributed by atoms with Crippen molar-refractivity contribution in [2.24, 2.45) is 0 Å². The van der Waals surface area contributed by atoms with Crippen molar-refractivity contribution in [2.45, 2.75) is 6.92 Å². The first-order chi connectivity index (χ1) is 10.3. The van der Waals surface area contributed by atoms with Crippen LogP contribution in [-0.4, -0.2) is 10.8 Å². The van der Waals surface area contributed by atoms with Crippen molar-refractivity contribution in [1.82, 2.24) is 0 Å². The van der Waals surface area contributed by atoms with Crippen molar-refractivity contribution in [2.75, 3.05) is 5.32 Å². The number of carbonyl (C=O) groups excluding carboxylic acids is 1. The number of halogens is 3. The predicted molar refractivity (Wildman–Crippen MR) is 95.3 cm³/mol. The molecule has 2 aromatic carbocycles. The Balaban J connectivity index is 2.30. The summed E-state index contributed by atoms with van der Waals surface area (Å²) in [5.41, 5.74) is 1.36. The number of hydrogen-bond donors (Lipinski definition) is 1. The van der Waals surface area contributed by atoms with Crippen LogP contribution in [0.3, 0.4) is 0 Å². The fraction of sp³-hybridized carbons (Fsp3) is 0.0714. The minimum absolute atomic E-state index is 0.0115. The van der Waals surface area contributed by atoms with E-state index < -0.39 is 4.92 Å². The molecule has 0 saturated carbocycles. The van der Waals surface area contributed by atoms with Gasteiger partial charge in [0.15, 0.2) is 0 Å². The summed E-state index contributed by atoms with van der Waals surface area (Å²) in [6.07, 6.45) is 0. The van der Waals surface area contributed by atoms with Crippen LogP contribution in [0.4, 0.5) is 11.4 Å². The number of anilines is 1. The second kappa shape index (κ2) is 6.89. The fourth-order valence-corrected chi connectivity index (χ4v) is 4.31. The molecule has 2 aromatic rings. The Kier molecular flexibility index (Phi) is 5.36. The Labute approximate surface area is 151 Å². The van der Waals surface area contributed by atoms with Crippen LogP contribution >= 0.6 is 47.8 Å². The molecular weight excluding hydrogens is 484 g/mol. The Bertz CT molecular complexity index is 755. The van der Waals surface area contributed by atoms with E-state index in [2.05, 4.69) is 53.1 Å². The number of aryl methyl sites for hydroxylation is 1. The van der Waals surface area contributed by atoms with Crippen LogP contribution < -0.4 is 5.32 Å². The third kappa shape index (κ3) is 3.74. The van der Waals surface area contributed by atoms with Crippen LogP contribution in [0.1, 0.15) is 15.9 Å². The zero-order valence-electron chi connectivity index (χ0n) is 11.2. The van der Waals surface area contributed by atoms with Gasteiger partial charge in [-0.05, 0) is 63.0 Å². The lowest BCUT2D eigenvalue weighted by Crippen LogP contribution is -2.13. The first-order valence-electron chi connectivity index (χ1n) is 6.00. The molecule has 5 nitrogen and oxygen atoms in total. The molecule has 0 bridgehead atoms. The van der Waals surface area contributed by atoms with Crippen molar-refractivity contribution in [3.63, 3.8) is 0 Å². The molecule has 0 atom stereocenters.